The maximum absolute atomic E-state index is 12.2. The summed E-state index contributed by atoms with van der Waals surface area (Å²) in [5, 5.41) is 6.37. The molecule has 1 N–H and O–H groups in total. The van der Waals surface area contributed by atoms with E-state index in [1.54, 1.807) is 29.7 Å². The number of hydrogen-bond acceptors (Lipinski definition) is 4. The highest BCUT2D eigenvalue weighted by Crippen LogP contribution is 2.20. The molecule has 108 valence electrons. The Bertz CT molecular complexity index is 520. The van der Waals surface area contributed by atoms with Crippen molar-refractivity contribution in [3.8, 4) is 5.75 Å². The van der Waals surface area contributed by atoms with Crippen molar-refractivity contribution in [2.24, 2.45) is 0 Å². The van der Waals surface area contributed by atoms with Crippen LogP contribution >= 0.6 is 11.3 Å². The summed E-state index contributed by atoms with van der Waals surface area (Å²) in [4.78, 5) is 4.21. The number of thiazole rings is 1. The van der Waals surface area contributed by atoms with E-state index in [0.29, 0.717) is 0 Å². The molecule has 2 rings (SSSR count). The minimum atomic E-state index is -2.79. The molecule has 0 bridgehead atoms. The van der Waals surface area contributed by atoms with Crippen LogP contribution in [-0.4, -0.2) is 18.1 Å². The molecule has 1 aromatic carbocycles. The van der Waals surface area contributed by atoms with Gasteiger partial charge in [-0.3, -0.25) is 0 Å². The van der Waals surface area contributed by atoms with E-state index in [2.05, 4.69) is 15.0 Å². The summed E-state index contributed by atoms with van der Waals surface area (Å²) in [6.45, 7) is -0.0174. The first-order valence-electron chi connectivity index (χ1n) is 6.31. The number of rotatable bonds is 7. The fourth-order valence-corrected chi connectivity index (χ4v) is 2.47. The number of ether oxygens (including phenoxy) is 1. The topological polar surface area (TPSA) is 34.2 Å². The molecule has 1 aromatic heterocycles. The van der Waals surface area contributed by atoms with Crippen LogP contribution < -0.4 is 10.1 Å². The summed E-state index contributed by atoms with van der Waals surface area (Å²) < 4.78 is 28.7. The summed E-state index contributed by atoms with van der Waals surface area (Å²) in [5.41, 5.74) is 0.919. The van der Waals surface area contributed by atoms with Gasteiger partial charge in [-0.2, -0.15) is 8.78 Å². The molecule has 0 amide bonds. The predicted molar refractivity (Wildman–Crippen MR) is 75.3 cm³/mol. The SMILES string of the molecule is CC(NCCc1nccs1)c1cccc(OC(F)F)c1. The first-order valence-corrected chi connectivity index (χ1v) is 7.19. The lowest BCUT2D eigenvalue weighted by molar-refractivity contribution is -0.0499. The molecular weight excluding hydrogens is 282 g/mol. The molecule has 0 fully saturated rings. The number of halogens is 2. The number of nitrogens with zero attached hydrogens (tertiary/aromatic N) is 1. The van der Waals surface area contributed by atoms with Gasteiger partial charge in [0.15, 0.2) is 0 Å². The van der Waals surface area contributed by atoms with E-state index < -0.39 is 6.61 Å². The Morgan fingerprint density at radius 1 is 1.40 bits per heavy atom. The maximum Gasteiger partial charge on any atom is 0.387 e. The van der Waals surface area contributed by atoms with Crippen LogP contribution in [0.4, 0.5) is 8.78 Å². The molecule has 6 heteroatoms. The summed E-state index contributed by atoms with van der Waals surface area (Å²) in [7, 11) is 0. The lowest BCUT2D eigenvalue weighted by Gasteiger charge is -2.15. The van der Waals surface area contributed by atoms with Crippen molar-refractivity contribution in [3.63, 3.8) is 0 Å². The third-order valence-electron chi connectivity index (χ3n) is 2.86. The van der Waals surface area contributed by atoms with Crippen molar-refractivity contribution in [2.75, 3.05) is 6.54 Å². The second-order valence-electron chi connectivity index (χ2n) is 4.30. The second kappa shape index (κ2) is 7.31. The monoisotopic (exact) mass is 298 g/mol. The van der Waals surface area contributed by atoms with Gasteiger partial charge in [-0.15, -0.1) is 11.3 Å². The van der Waals surface area contributed by atoms with Crippen molar-refractivity contribution in [2.45, 2.75) is 26.0 Å². The number of aromatic nitrogens is 1. The number of hydrogen-bond donors (Lipinski definition) is 1. The van der Waals surface area contributed by atoms with E-state index in [1.165, 1.54) is 6.07 Å². The van der Waals surface area contributed by atoms with Crippen LogP contribution in [0.15, 0.2) is 35.8 Å². The molecule has 0 radical (unpaired) electrons. The summed E-state index contributed by atoms with van der Waals surface area (Å²) in [5.74, 6) is 0.186. The number of nitrogens with one attached hydrogen (secondary N) is 1. The van der Waals surface area contributed by atoms with Crippen LogP contribution in [0.5, 0.6) is 5.75 Å². The minimum Gasteiger partial charge on any atom is -0.435 e. The van der Waals surface area contributed by atoms with E-state index >= 15 is 0 Å². The van der Waals surface area contributed by atoms with E-state index in [-0.39, 0.29) is 11.8 Å². The maximum atomic E-state index is 12.2. The third kappa shape index (κ3) is 4.54. The van der Waals surface area contributed by atoms with Gasteiger partial charge in [-0.1, -0.05) is 12.1 Å². The molecule has 1 atom stereocenters. The van der Waals surface area contributed by atoms with Crippen LogP contribution in [-0.2, 0) is 6.42 Å². The van der Waals surface area contributed by atoms with E-state index in [4.69, 9.17) is 0 Å². The summed E-state index contributed by atoms with van der Waals surface area (Å²) in [6, 6.07) is 6.83. The van der Waals surface area contributed by atoms with Crippen molar-refractivity contribution < 1.29 is 13.5 Å². The highest BCUT2D eigenvalue weighted by atomic mass is 32.1. The van der Waals surface area contributed by atoms with E-state index in [9.17, 15) is 8.78 Å². The van der Waals surface area contributed by atoms with Gasteiger partial charge in [0.2, 0.25) is 0 Å². The Morgan fingerprint density at radius 2 is 2.25 bits per heavy atom. The van der Waals surface area contributed by atoms with Gasteiger partial charge in [0.1, 0.15) is 5.75 Å². The Hall–Kier alpha value is -1.53. The Labute approximate surface area is 120 Å². The minimum absolute atomic E-state index is 0.0659. The van der Waals surface area contributed by atoms with Crippen LogP contribution in [0.2, 0.25) is 0 Å². The van der Waals surface area contributed by atoms with Crippen LogP contribution in [0, 0.1) is 0 Å². The zero-order valence-electron chi connectivity index (χ0n) is 11.1. The van der Waals surface area contributed by atoms with Crippen LogP contribution in [0.3, 0.4) is 0 Å². The normalized spacial score (nSPS) is 12.6. The van der Waals surface area contributed by atoms with Crippen molar-refractivity contribution >= 4 is 11.3 Å². The number of benzene rings is 1. The fourth-order valence-electron chi connectivity index (χ4n) is 1.85. The average Bonchev–Trinajstić information content (AvgIpc) is 2.91. The molecular formula is C14H16F2N2OS. The van der Waals surface area contributed by atoms with Gasteiger partial charge in [-0.05, 0) is 24.6 Å². The largest absolute Gasteiger partial charge is 0.435 e. The van der Waals surface area contributed by atoms with Gasteiger partial charge < -0.3 is 10.1 Å². The van der Waals surface area contributed by atoms with E-state index in [1.807, 2.05) is 18.4 Å². The average molecular weight is 298 g/mol. The Kier molecular flexibility index (Phi) is 5.43. The standard InChI is InChI=1S/C14H16F2N2OS/c1-10(17-6-5-13-18-7-8-20-13)11-3-2-4-12(9-11)19-14(15)16/h2-4,7-10,14,17H,5-6H2,1H3. The molecule has 0 spiro atoms. The molecule has 3 nitrogen and oxygen atoms in total. The lowest BCUT2D eigenvalue weighted by Crippen LogP contribution is -2.21. The van der Waals surface area contributed by atoms with Crippen molar-refractivity contribution in [1.82, 2.24) is 10.3 Å². The molecule has 0 aliphatic heterocycles. The third-order valence-corrected chi connectivity index (χ3v) is 3.70. The first kappa shape index (κ1) is 14.9. The summed E-state index contributed by atoms with van der Waals surface area (Å²) in [6.07, 6.45) is 2.64. The molecule has 1 unspecified atom stereocenters. The van der Waals surface area contributed by atoms with Crippen molar-refractivity contribution in [3.05, 3.63) is 46.4 Å². The lowest BCUT2D eigenvalue weighted by atomic mass is 10.1. The summed E-state index contributed by atoms with van der Waals surface area (Å²) >= 11 is 1.63. The highest BCUT2D eigenvalue weighted by molar-refractivity contribution is 7.09. The molecule has 20 heavy (non-hydrogen) atoms. The smallest absolute Gasteiger partial charge is 0.387 e. The van der Waals surface area contributed by atoms with Gasteiger partial charge in [0.25, 0.3) is 0 Å². The highest BCUT2D eigenvalue weighted by Gasteiger charge is 2.09. The zero-order valence-corrected chi connectivity index (χ0v) is 11.9. The molecule has 0 aliphatic rings. The Balaban J connectivity index is 1.86. The molecule has 0 aliphatic carbocycles. The zero-order chi connectivity index (χ0) is 14.4. The van der Waals surface area contributed by atoms with Gasteiger partial charge in [0.05, 0.1) is 5.01 Å². The van der Waals surface area contributed by atoms with Gasteiger partial charge in [-0.25, -0.2) is 4.98 Å². The molecule has 0 saturated carbocycles. The van der Waals surface area contributed by atoms with Crippen molar-refractivity contribution in [1.29, 1.82) is 0 Å². The fraction of sp³-hybridized carbons (Fsp3) is 0.357. The van der Waals surface area contributed by atoms with Gasteiger partial charge in [0, 0.05) is 30.6 Å². The number of alkyl halides is 2. The van der Waals surface area contributed by atoms with E-state index in [0.717, 1.165) is 23.5 Å². The molecule has 1 heterocycles. The van der Waals surface area contributed by atoms with Gasteiger partial charge >= 0.3 is 6.61 Å². The second-order valence-corrected chi connectivity index (χ2v) is 5.28. The quantitative estimate of drug-likeness (QED) is 0.847. The Morgan fingerprint density at radius 3 is 2.95 bits per heavy atom. The molecule has 2 aromatic rings. The molecule has 0 saturated heterocycles. The van der Waals surface area contributed by atoms with Crippen LogP contribution in [0.1, 0.15) is 23.5 Å². The predicted octanol–water partition coefficient (Wildman–Crippen LogP) is 3.64. The first-order chi connectivity index (χ1) is 9.65. The van der Waals surface area contributed by atoms with Crippen LogP contribution in [0.25, 0.3) is 0 Å².